The molecule has 4 heteroatoms. The molecule has 3 aromatic rings. The Hall–Kier alpha value is -2.33. The first-order chi connectivity index (χ1) is 9.72. The molecule has 0 radical (unpaired) electrons. The molecule has 4 nitrogen and oxygen atoms in total. The van der Waals surface area contributed by atoms with Crippen molar-refractivity contribution in [2.24, 2.45) is 0 Å². The molecule has 0 amide bonds. The lowest BCUT2D eigenvalue weighted by molar-refractivity contribution is -0.0286. The van der Waals surface area contributed by atoms with E-state index in [1.54, 1.807) is 6.33 Å². The van der Waals surface area contributed by atoms with Gasteiger partial charge in [0.15, 0.2) is 0 Å². The molecule has 3 rings (SSSR count). The number of rotatable bonds is 4. The van der Waals surface area contributed by atoms with Gasteiger partial charge in [0.1, 0.15) is 5.75 Å². The number of benzene rings is 2. The summed E-state index contributed by atoms with van der Waals surface area (Å²) in [7, 11) is 0. The van der Waals surface area contributed by atoms with Gasteiger partial charge in [0, 0.05) is 0 Å². The van der Waals surface area contributed by atoms with Gasteiger partial charge in [-0.1, -0.05) is 24.3 Å². The third-order valence-electron chi connectivity index (χ3n) is 3.14. The van der Waals surface area contributed by atoms with Gasteiger partial charge in [-0.25, -0.2) is 4.98 Å². The van der Waals surface area contributed by atoms with Crippen LogP contribution in [-0.2, 0) is 6.54 Å². The van der Waals surface area contributed by atoms with E-state index in [1.165, 1.54) is 0 Å². The van der Waals surface area contributed by atoms with Crippen LogP contribution in [0.5, 0.6) is 5.75 Å². The van der Waals surface area contributed by atoms with E-state index in [1.807, 2.05) is 60.0 Å². The smallest absolute Gasteiger partial charge is 0.215 e. The fourth-order valence-corrected chi connectivity index (χ4v) is 2.21. The van der Waals surface area contributed by atoms with Crippen molar-refractivity contribution in [3.8, 4) is 5.75 Å². The Labute approximate surface area is 117 Å². The van der Waals surface area contributed by atoms with Crippen molar-refractivity contribution in [3.05, 3.63) is 60.4 Å². The average molecular weight is 268 g/mol. The maximum Gasteiger partial charge on any atom is 0.215 e. The minimum atomic E-state index is -0.908. The van der Waals surface area contributed by atoms with Gasteiger partial charge in [-0.2, -0.15) is 0 Å². The van der Waals surface area contributed by atoms with Crippen molar-refractivity contribution < 1.29 is 9.84 Å². The molecule has 1 atom stereocenters. The molecule has 0 spiro atoms. The van der Waals surface area contributed by atoms with Gasteiger partial charge >= 0.3 is 0 Å². The van der Waals surface area contributed by atoms with Gasteiger partial charge in [-0.05, 0) is 36.8 Å². The van der Waals surface area contributed by atoms with Crippen LogP contribution in [0.3, 0.4) is 0 Å². The highest BCUT2D eigenvalue weighted by atomic mass is 16.6. The first kappa shape index (κ1) is 12.7. The minimum Gasteiger partial charge on any atom is -0.463 e. The summed E-state index contributed by atoms with van der Waals surface area (Å²) in [5, 5.41) is 10.1. The molecule has 0 aliphatic rings. The van der Waals surface area contributed by atoms with E-state index in [0.29, 0.717) is 12.3 Å². The summed E-state index contributed by atoms with van der Waals surface area (Å²) in [5.41, 5.74) is 3.00. The Bertz CT molecular complexity index is 721. The van der Waals surface area contributed by atoms with Crippen LogP contribution in [0.1, 0.15) is 5.56 Å². The van der Waals surface area contributed by atoms with Gasteiger partial charge < -0.3 is 14.4 Å². The van der Waals surface area contributed by atoms with E-state index >= 15 is 0 Å². The lowest BCUT2D eigenvalue weighted by Crippen LogP contribution is -2.22. The highest BCUT2D eigenvalue weighted by Crippen LogP contribution is 2.16. The lowest BCUT2D eigenvalue weighted by atomic mass is 10.2. The van der Waals surface area contributed by atoms with Gasteiger partial charge in [-0.15, -0.1) is 0 Å². The first-order valence-electron chi connectivity index (χ1n) is 6.53. The zero-order valence-electron chi connectivity index (χ0n) is 11.2. The fourth-order valence-electron chi connectivity index (χ4n) is 2.21. The van der Waals surface area contributed by atoms with Crippen LogP contribution in [0.15, 0.2) is 54.9 Å². The zero-order chi connectivity index (χ0) is 13.9. The molecule has 102 valence electrons. The SMILES string of the molecule is Cc1cccc(O[C@@H](O)Cn2cnc3ccccc32)c1. The topological polar surface area (TPSA) is 47.3 Å². The second kappa shape index (κ2) is 5.35. The summed E-state index contributed by atoms with van der Waals surface area (Å²) in [5.74, 6) is 0.668. The molecule has 0 saturated heterocycles. The second-order valence-electron chi connectivity index (χ2n) is 4.77. The molecule has 2 aromatic carbocycles. The Morgan fingerprint density at radius 2 is 2.05 bits per heavy atom. The Morgan fingerprint density at radius 3 is 2.90 bits per heavy atom. The highest BCUT2D eigenvalue weighted by molar-refractivity contribution is 5.74. The Balaban J connectivity index is 1.74. The molecule has 0 aliphatic heterocycles. The number of hydrogen-bond donors (Lipinski definition) is 1. The van der Waals surface area contributed by atoms with Crippen LogP contribution in [0.25, 0.3) is 11.0 Å². The van der Waals surface area contributed by atoms with Gasteiger partial charge in [0.2, 0.25) is 6.29 Å². The summed E-state index contributed by atoms with van der Waals surface area (Å²) in [6.45, 7) is 2.33. The molecule has 0 aliphatic carbocycles. The molecule has 20 heavy (non-hydrogen) atoms. The van der Waals surface area contributed by atoms with E-state index in [0.717, 1.165) is 16.6 Å². The van der Waals surface area contributed by atoms with Crippen molar-refractivity contribution in [2.75, 3.05) is 0 Å². The predicted molar refractivity (Wildman–Crippen MR) is 77.5 cm³/mol. The maximum absolute atomic E-state index is 10.1. The summed E-state index contributed by atoms with van der Waals surface area (Å²) in [4.78, 5) is 4.29. The highest BCUT2D eigenvalue weighted by Gasteiger charge is 2.09. The number of nitrogens with zero attached hydrogens (tertiary/aromatic N) is 2. The maximum atomic E-state index is 10.1. The van der Waals surface area contributed by atoms with Crippen LogP contribution >= 0.6 is 0 Å². The monoisotopic (exact) mass is 268 g/mol. The lowest BCUT2D eigenvalue weighted by Gasteiger charge is -2.14. The van der Waals surface area contributed by atoms with E-state index < -0.39 is 6.29 Å². The van der Waals surface area contributed by atoms with E-state index in [9.17, 15) is 5.11 Å². The van der Waals surface area contributed by atoms with Crippen molar-refractivity contribution in [3.63, 3.8) is 0 Å². The zero-order valence-corrected chi connectivity index (χ0v) is 11.2. The number of para-hydroxylation sites is 2. The number of imidazole rings is 1. The molecule has 1 aromatic heterocycles. The molecule has 0 fully saturated rings. The summed E-state index contributed by atoms with van der Waals surface area (Å²) in [6, 6.07) is 15.4. The van der Waals surface area contributed by atoms with Crippen molar-refractivity contribution in [1.82, 2.24) is 9.55 Å². The molecule has 0 saturated carbocycles. The molecule has 0 unspecified atom stereocenters. The van der Waals surface area contributed by atoms with Crippen molar-refractivity contribution in [1.29, 1.82) is 0 Å². The molecule has 1 N–H and O–H groups in total. The molecular formula is C16H16N2O2. The average Bonchev–Trinajstić information content (AvgIpc) is 2.82. The third kappa shape index (κ3) is 2.65. The van der Waals surface area contributed by atoms with Gasteiger partial charge in [-0.3, -0.25) is 0 Å². The minimum absolute atomic E-state index is 0.342. The fraction of sp³-hybridized carbons (Fsp3) is 0.188. The number of aromatic nitrogens is 2. The van der Waals surface area contributed by atoms with Crippen LogP contribution in [0.2, 0.25) is 0 Å². The van der Waals surface area contributed by atoms with Crippen LogP contribution in [-0.4, -0.2) is 20.9 Å². The predicted octanol–water partition coefficient (Wildman–Crippen LogP) is 2.74. The van der Waals surface area contributed by atoms with E-state index in [4.69, 9.17) is 4.74 Å². The Morgan fingerprint density at radius 1 is 1.20 bits per heavy atom. The third-order valence-corrected chi connectivity index (χ3v) is 3.14. The van der Waals surface area contributed by atoms with Crippen LogP contribution in [0.4, 0.5) is 0 Å². The van der Waals surface area contributed by atoms with Gasteiger partial charge in [0.05, 0.1) is 23.9 Å². The van der Waals surface area contributed by atoms with E-state index in [-0.39, 0.29) is 0 Å². The standard InChI is InChI=1S/C16H16N2O2/c1-12-5-4-6-13(9-12)20-16(19)10-18-11-17-14-7-2-3-8-15(14)18/h2-9,11,16,19H,10H2,1H3/t16-/m1/s1. The van der Waals surface area contributed by atoms with E-state index in [2.05, 4.69) is 4.98 Å². The summed E-state index contributed by atoms with van der Waals surface area (Å²) in [6.07, 6.45) is 0.808. The number of aryl methyl sites for hydroxylation is 1. The van der Waals surface area contributed by atoms with Gasteiger partial charge in [0.25, 0.3) is 0 Å². The van der Waals surface area contributed by atoms with Crippen molar-refractivity contribution >= 4 is 11.0 Å². The number of fused-ring (bicyclic) bond motifs is 1. The van der Waals surface area contributed by atoms with Crippen LogP contribution < -0.4 is 4.74 Å². The largest absolute Gasteiger partial charge is 0.463 e. The quantitative estimate of drug-likeness (QED) is 0.740. The molecular weight excluding hydrogens is 252 g/mol. The number of aliphatic hydroxyl groups is 1. The number of ether oxygens (including phenoxy) is 1. The summed E-state index contributed by atoms with van der Waals surface area (Å²) >= 11 is 0. The van der Waals surface area contributed by atoms with Crippen molar-refractivity contribution in [2.45, 2.75) is 19.8 Å². The normalized spacial score (nSPS) is 12.5. The Kier molecular flexibility index (Phi) is 3.39. The number of hydrogen-bond acceptors (Lipinski definition) is 3. The summed E-state index contributed by atoms with van der Waals surface area (Å²) < 4.78 is 7.41. The number of aliphatic hydroxyl groups excluding tert-OH is 1. The van der Waals surface area contributed by atoms with Crippen LogP contribution in [0, 0.1) is 6.92 Å². The molecule has 0 bridgehead atoms. The second-order valence-corrected chi connectivity index (χ2v) is 4.77. The molecule has 1 heterocycles. The first-order valence-corrected chi connectivity index (χ1v) is 6.53.